The first-order valence-electron chi connectivity index (χ1n) is 21.7. The number of rotatable bonds is 15. The Kier molecular flexibility index (Phi) is 13.0. The molecule has 9 rings (SSSR count). The van der Waals surface area contributed by atoms with Gasteiger partial charge in [0.1, 0.15) is 53.4 Å². The van der Waals surface area contributed by atoms with Crippen LogP contribution in [0.15, 0.2) is 198 Å². The van der Waals surface area contributed by atoms with Crippen LogP contribution in [0.4, 0.5) is 0 Å². The summed E-state index contributed by atoms with van der Waals surface area (Å²) < 4.78 is 34.7. The molecule has 3 heterocycles. The van der Waals surface area contributed by atoms with Crippen LogP contribution in [-0.2, 0) is 34.9 Å². The molecule has 2 aliphatic rings. The predicted molar refractivity (Wildman–Crippen MR) is 245 cm³/mol. The van der Waals surface area contributed by atoms with Gasteiger partial charge in [0.15, 0.2) is 12.5 Å². The Hall–Kier alpha value is -6.76. The zero-order chi connectivity index (χ0) is 45.7. The highest BCUT2D eigenvalue weighted by Gasteiger charge is 2.53. The molecule has 0 radical (unpaired) electrons. The van der Waals surface area contributed by atoms with Gasteiger partial charge in [0, 0.05) is 6.20 Å². The van der Waals surface area contributed by atoms with Crippen molar-refractivity contribution < 1.29 is 39.0 Å². The second kappa shape index (κ2) is 19.4. The van der Waals surface area contributed by atoms with Gasteiger partial charge < -0.3 is 39.0 Å². The summed E-state index contributed by atoms with van der Waals surface area (Å²) in [6, 6.07) is 58.6. The quantitative estimate of drug-likeness (QED) is 0.0752. The summed E-state index contributed by atoms with van der Waals surface area (Å²) in [5, 5.41) is 35.2. The summed E-state index contributed by atoms with van der Waals surface area (Å²) in [5.74, 6) is 2.21. The minimum atomic E-state index is -1.62. The Bertz CT molecular complexity index is 2650. The van der Waals surface area contributed by atoms with E-state index in [-0.39, 0.29) is 12.2 Å². The maximum atomic E-state index is 12.9. The van der Waals surface area contributed by atoms with Gasteiger partial charge in [0.2, 0.25) is 0 Å². The van der Waals surface area contributed by atoms with Gasteiger partial charge >= 0.3 is 5.69 Å². The third kappa shape index (κ3) is 8.35. The Morgan fingerprint density at radius 3 is 1.39 bits per heavy atom. The summed E-state index contributed by atoms with van der Waals surface area (Å²) in [6.07, 6.45) is -4.24. The van der Waals surface area contributed by atoms with Gasteiger partial charge in [-0.3, -0.25) is 14.3 Å². The summed E-state index contributed by atoms with van der Waals surface area (Å²) in [5.41, 5.74) is 0.517. The Morgan fingerprint density at radius 1 is 0.561 bits per heavy atom. The zero-order valence-corrected chi connectivity index (χ0v) is 35.7. The second-order valence-corrected chi connectivity index (χ2v) is 16.2. The van der Waals surface area contributed by atoms with Crippen molar-refractivity contribution in [1.82, 2.24) is 9.55 Å². The molecule has 6 aromatic carbocycles. The summed E-state index contributed by atoms with van der Waals surface area (Å²) in [4.78, 5) is 27.2. The summed E-state index contributed by atoms with van der Waals surface area (Å²) in [6.45, 7) is -0.540. The van der Waals surface area contributed by atoms with Crippen molar-refractivity contribution in [2.75, 3.05) is 13.2 Å². The van der Waals surface area contributed by atoms with Crippen LogP contribution in [0.5, 0.6) is 0 Å². The number of nitrogens with one attached hydrogen (secondary N) is 1. The van der Waals surface area contributed by atoms with Gasteiger partial charge in [0.25, 0.3) is 5.56 Å². The third-order valence-electron chi connectivity index (χ3n) is 12.3. The number of terminal acetylenes is 1. The highest BCUT2D eigenvalue weighted by Crippen LogP contribution is 2.46. The van der Waals surface area contributed by atoms with Crippen LogP contribution >= 0.6 is 0 Å². The van der Waals surface area contributed by atoms with Crippen molar-refractivity contribution >= 4 is 0 Å². The Labute approximate surface area is 381 Å². The van der Waals surface area contributed by atoms with E-state index >= 15 is 0 Å². The molecule has 0 unspecified atom stereocenters. The molecule has 0 amide bonds. The number of H-pyrrole nitrogens is 1. The average Bonchev–Trinajstić information content (AvgIpc) is 3.83. The van der Waals surface area contributed by atoms with Crippen molar-refractivity contribution in [3.63, 3.8) is 0 Å². The smallest absolute Gasteiger partial charge is 0.330 e. The molecule has 12 nitrogen and oxygen atoms in total. The van der Waals surface area contributed by atoms with Crippen LogP contribution < -0.4 is 11.2 Å². The minimum Gasteiger partial charge on any atom is -0.387 e. The van der Waals surface area contributed by atoms with Crippen molar-refractivity contribution in [1.29, 1.82) is 0 Å². The monoisotopic (exact) mass is 884 g/mol. The van der Waals surface area contributed by atoms with Crippen molar-refractivity contribution in [3.8, 4) is 12.3 Å². The highest BCUT2D eigenvalue weighted by atomic mass is 16.7. The lowest BCUT2D eigenvalue weighted by molar-refractivity contribution is -0.216. The van der Waals surface area contributed by atoms with Crippen molar-refractivity contribution in [2.24, 2.45) is 0 Å². The van der Waals surface area contributed by atoms with Gasteiger partial charge in [-0.15, -0.1) is 6.42 Å². The molecule has 0 saturated carbocycles. The van der Waals surface area contributed by atoms with Crippen LogP contribution in [0.3, 0.4) is 0 Å². The molecule has 0 bridgehead atoms. The largest absolute Gasteiger partial charge is 0.387 e. The van der Waals surface area contributed by atoms with Crippen molar-refractivity contribution in [2.45, 2.75) is 60.3 Å². The third-order valence-corrected chi connectivity index (χ3v) is 12.3. The fourth-order valence-corrected chi connectivity index (χ4v) is 9.07. The molecule has 2 aliphatic heterocycles. The van der Waals surface area contributed by atoms with Gasteiger partial charge in [-0.1, -0.05) is 188 Å². The lowest BCUT2D eigenvalue weighted by Crippen LogP contribution is -2.46. The van der Waals surface area contributed by atoms with Gasteiger partial charge in [0.05, 0.1) is 13.2 Å². The van der Waals surface area contributed by atoms with E-state index in [2.05, 4.69) is 10.9 Å². The number of ether oxygens (including phenoxy) is 5. The topological polar surface area (TPSA) is 162 Å². The molecular formula is C54H48N2O10. The molecular weight excluding hydrogens is 837 g/mol. The first kappa shape index (κ1) is 44.4. The lowest BCUT2D eigenvalue weighted by Gasteiger charge is -2.40. The molecule has 0 spiro atoms. The maximum Gasteiger partial charge on any atom is 0.330 e. The fraction of sp³-hybridized carbons (Fsp3) is 0.222. The predicted octanol–water partition coefficient (Wildman–Crippen LogP) is 5.63. The summed E-state index contributed by atoms with van der Waals surface area (Å²) in [7, 11) is 0. The van der Waals surface area contributed by atoms with Crippen LogP contribution in [-0.4, -0.2) is 81.0 Å². The van der Waals surface area contributed by atoms with E-state index < -0.39 is 78.2 Å². The zero-order valence-electron chi connectivity index (χ0n) is 35.7. The number of aliphatic hydroxyl groups is 3. The van der Waals surface area contributed by atoms with Crippen LogP contribution in [0.1, 0.15) is 45.2 Å². The normalized spacial score (nSPS) is 23.1. The molecule has 334 valence electrons. The summed E-state index contributed by atoms with van der Waals surface area (Å²) >= 11 is 0. The van der Waals surface area contributed by atoms with Gasteiger partial charge in [-0.2, -0.15) is 0 Å². The first-order chi connectivity index (χ1) is 32.2. The maximum absolute atomic E-state index is 12.9. The molecule has 0 aliphatic carbocycles. The Balaban J connectivity index is 1.10. The van der Waals surface area contributed by atoms with E-state index in [0.29, 0.717) is 0 Å². The van der Waals surface area contributed by atoms with Crippen LogP contribution in [0.25, 0.3) is 0 Å². The Morgan fingerprint density at radius 2 is 0.970 bits per heavy atom. The number of aromatic amines is 1. The molecule has 7 aromatic rings. The number of benzene rings is 6. The lowest BCUT2D eigenvalue weighted by atomic mass is 9.79. The molecule has 12 heteroatoms. The van der Waals surface area contributed by atoms with E-state index in [0.717, 1.165) is 44.1 Å². The number of aliphatic hydroxyl groups excluding tert-OH is 3. The second-order valence-electron chi connectivity index (χ2n) is 16.2. The van der Waals surface area contributed by atoms with E-state index in [9.17, 15) is 24.9 Å². The average molecular weight is 885 g/mol. The number of hydrogen-bond donors (Lipinski definition) is 4. The standard InChI is InChI=1S/C54H48N2O10/c1-2-36-33-56(52(61)55-49(36)60)50-47(59)45(57)43(64-50)34-62-51-48(66-54(40-27-15-6-16-28-40,41-29-17-7-18-30-41)42-31-19-8-20-32-42)46(58)44(65-51)35-63-53(37-21-9-3-10-22-37,38-23-11-4-12-24-38)39-25-13-5-14-26-39/h1,3-33,43-48,50-51,57-59H,34-35H2,(H,55,60,61)/t43-,44-,45-,46+,47-,48-,50-,51-/m1/s1. The van der Waals surface area contributed by atoms with E-state index in [1.807, 2.05) is 182 Å². The van der Waals surface area contributed by atoms with Gasteiger partial charge in [-0.25, -0.2) is 4.79 Å². The van der Waals surface area contributed by atoms with Crippen LogP contribution in [0, 0.1) is 12.3 Å². The number of hydrogen-bond acceptors (Lipinski definition) is 10. The first-order valence-corrected chi connectivity index (χ1v) is 21.7. The van der Waals surface area contributed by atoms with E-state index in [1.165, 1.54) is 0 Å². The molecule has 8 atom stereocenters. The molecule has 4 N–H and O–H groups in total. The van der Waals surface area contributed by atoms with Crippen LogP contribution in [0.2, 0.25) is 0 Å². The van der Waals surface area contributed by atoms with Gasteiger partial charge in [-0.05, 0) is 33.4 Å². The number of aromatic nitrogens is 2. The SMILES string of the molecule is C#Cc1cn([C@@H]2O[C@H](CO[C@@H]3O[C@H](COC(c4ccccc4)(c4ccccc4)c4ccccc4)[C@H](O)[C@H]3OC(c3ccccc3)(c3ccccc3)c3ccccc3)[C@@H](O)[C@H]2O)c(=O)[nH]c1=O. The molecule has 2 saturated heterocycles. The van der Waals surface area contributed by atoms with E-state index in [1.54, 1.807) is 0 Å². The van der Waals surface area contributed by atoms with Crippen molar-refractivity contribution in [3.05, 3.63) is 248 Å². The molecule has 66 heavy (non-hydrogen) atoms. The highest BCUT2D eigenvalue weighted by molar-refractivity contribution is 5.49. The fourth-order valence-electron chi connectivity index (χ4n) is 9.07. The number of nitrogens with zero attached hydrogens (tertiary/aromatic N) is 1. The molecule has 2 fully saturated rings. The van der Waals surface area contributed by atoms with E-state index in [4.69, 9.17) is 30.1 Å². The molecule has 1 aromatic heterocycles. The minimum absolute atomic E-state index is 0.148.